The quantitative estimate of drug-likeness (QED) is 0.797. The van der Waals surface area contributed by atoms with Gasteiger partial charge in [0.2, 0.25) is 5.78 Å². The molecule has 2 heterocycles. The van der Waals surface area contributed by atoms with Gasteiger partial charge in [-0.2, -0.15) is 5.10 Å². The van der Waals surface area contributed by atoms with Gasteiger partial charge in [-0.15, -0.1) is 11.3 Å². The SMILES string of the molecule is COc1cnn(C(C)C)c1C(=O)c1sccc1C. The molecule has 0 fully saturated rings. The highest BCUT2D eigenvalue weighted by molar-refractivity contribution is 7.12. The number of carbonyl (C=O) groups is 1. The predicted molar refractivity (Wildman–Crippen MR) is 71.7 cm³/mol. The van der Waals surface area contributed by atoms with E-state index in [1.165, 1.54) is 11.3 Å². The second-order valence-electron chi connectivity index (χ2n) is 4.36. The molecule has 0 aliphatic rings. The Labute approximate surface area is 110 Å². The number of methoxy groups -OCH3 is 1. The first-order valence-electron chi connectivity index (χ1n) is 5.76. The average molecular weight is 264 g/mol. The lowest BCUT2D eigenvalue weighted by Gasteiger charge is -2.10. The monoisotopic (exact) mass is 264 g/mol. The van der Waals surface area contributed by atoms with Crippen LogP contribution in [-0.2, 0) is 0 Å². The number of ketones is 1. The standard InChI is InChI=1S/C13H16N2O2S/c1-8(2)15-11(10(17-4)7-14-15)12(16)13-9(3)5-6-18-13/h5-8H,1-4H3. The minimum absolute atomic E-state index is 0.0226. The van der Waals surface area contributed by atoms with E-state index in [-0.39, 0.29) is 11.8 Å². The zero-order valence-corrected chi connectivity index (χ0v) is 11.7. The van der Waals surface area contributed by atoms with E-state index in [4.69, 9.17) is 4.74 Å². The maximum Gasteiger partial charge on any atom is 0.225 e. The Bertz CT molecular complexity index is 569. The zero-order chi connectivity index (χ0) is 13.3. The van der Waals surface area contributed by atoms with E-state index in [0.29, 0.717) is 11.4 Å². The number of aryl methyl sites for hydroxylation is 1. The van der Waals surface area contributed by atoms with Gasteiger partial charge in [-0.3, -0.25) is 9.48 Å². The average Bonchev–Trinajstić information content (AvgIpc) is 2.93. The number of aromatic nitrogens is 2. The van der Waals surface area contributed by atoms with Crippen LogP contribution < -0.4 is 4.74 Å². The van der Waals surface area contributed by atoms with Crippen LogP contribution in [0.5, 0.6) is 5.75 Å². The Kier molecular flexibility index (Phi) is 3.52. The van der Waals surface area contributed by atoms with Crippen LogP contribution in [0.25, 0.3) is 0 Å². The number of rotatable bonds is 4. The van der Waals surface area contributed by atoms with E-state index in [1.807, 2.05) is 32.2 Å². The van der Waals surface area contributed by atoms with Gasteiger partial charge >= 0.3 is 0 Å². The molecule has 0 unspecified atom stereocenters. The van der Waals surface area contributed by atoms with E-state index < -0.39 is 0 Å². The van der Waals surface area contributed by atoms with Crippen molar-refractivity contribution in [2.45, 2.75) is 26.8 Å². The van der Waals surface area contributed by atoms with Crippen molar-refractivity contribution in [2.75, 3.05) is 7.11 Å². The summed E-state index contributed by atoms with van der Waals surface area (Å²) in [5, 5.41) is 6.14. The maximum atomic E-state index is 12.6. The van der Waals surface area contributed by atoms with Crippen LogP contribution in [-0.4, -0.2) is 22.7 Å². The van der Waals surface area contributed by atoms with Crippen LogP contribution in [0.1, 0.15) is 40.8 Å². The minimum Gasteiger partial charge on any atom is -0.493 e. The lowest BCUT2D eigenvalue weighted by Crippen LogP contribution is -2.14. The summed E-state index contributed by atoms with van der Waals surface area (Å²) in [4.78, 5) is 13.3. The number of ether oxygens (including phenoxy) is 1. The number of thiophene rings is 1. The Morgan fingerprint density at radius 1 is 1.50 bits per heavy atom. The van der Waals surface area contributed by atoms with Crippen molar-refractivity contribution in [1.29, 1.82) is 0 Å². The van der Waals surface area contributed by atoms with Gasteiger partial charge in [-0.05, 0) is 37.8 Å². The molecule has 0 atom stereocenters. The molecule has 0 saturated heterocycles. The molecule has 0 aromatic carbocycles. The van der Waals surface area contributed by atoms with E-state index >= 15 is 0 Å². The fraction of sp³-hybridized carbons (Fsp3) is 0.385. The van der Waals surface area contributed by atoms with Crippen molar-refractivity contribution in [3.05, 3.63) is 33.8 Å². The summed E-state index contributed by atoms with van der Waals surface area (Å²) < 4.78 is 6.94. The first-order valence-corrected chi connectivity index (χ1v) is 6.64. The third-order valence-electron chi connectivity index (χ3n) is 2.75. The summed E-state index contributed by atoms with van der Waals surface area (Å²) in [6, 6.07) is 2.06. The number of nitrogens with zero attached hydrogens (tertiary/aromatic N) is 2. The molecular formula is C13H16N2O2S. The third kappa shape index (κ3) is 2.06. The van der Waals surface area contributed by atoms with Gasteiger partial charge in [0.15, 0.2) is 11.4 Å². The molecule has 0 amide bonds. The van der Waals surface area contributed by atoms with Crippen LogP contribution in [0.2, 0.25) is 0 Å². The number of hydrogen-bond donors (Lipinski definition) is 0. The first kappa shape index (κ1) is 12.8. The molecule has 0 aliphatic carbocycles. The van der Waals surface area contributed by atoms with Crippen molar-refractivity contribution >= 4 is 17.1 Å². The van der Waals surface area contributed by atoms with Crippen molar-refractivity contribution in [1.82, 2.24) is 9.78 Å². The summed E-state index contributed by atoms with van der Waals surface area (Å²) in [5.41, 5.74) is 1.52. The van der Waals surface area contributed by atoms with Gasteiger partial charge < -0.3 is 4.74 Å². The molecule has 2 rings (SSSR count). The molecule has 2 aromatic rings. The van der Waals surface area contributed by atoms with Crippen molar-refractivity contribution in [3.63, 3.8) is 0 Å². The highest BCUT2D eigenvalue weighted by atomic mass is 32.1. The Hall–Kier alpha value is -1.62. The number of carbonyl (C=O) groups excluding carboxylic acids is 1. The molecule has 0 bridgehead atoms. The second-order valence-corrected chi connectivity index (χ2v) is 5.28. The van der Waals surface area contributed by atoms with E-state index in [1.54, 1.807) is 18.0 Å². The van der Waals surface area contributed by atoms with Gasteiger partial charge in [-0.1, -0.05) is 0 Å². The van der Waals surface area contributed by atoms with E-state index in [2.05, 4.69) is 5.10 Å². The van der Waals surface area contributed by atoms with Gasteiger partial charge in [-0.25, -0.2) is 0 Å². The Balaban J connectivity index is 2.53. The lowest BCUT2D eigenvalue weighted by molar-refractivity contribution is 0.102. The normalized spacial score (nSPS) is 10.9. The molecule has 4 nitrogen and oxygen atoms in total. The third-order valence-corrected chi connectivity index (χ3v) is 3.77. The molecule has 0 saturated carbocycles. The summed E-state index contributed by atoms with van der Waals surface area (Å²) in [6.07, 6.45) is 1.59. The van der Waals surface area contributed by atoms with Crippen LogP contribution in [0.4, 0.5) is 0 Å². The van der Waals surface area contributed by atoms with Crippen LogP contribution in [0, 0.1) is 6.92 Å². The minimum atomic E-state index is -0.0226. The molecule has 5 heteroatoms. The van der Waals surface area contributed by atoms with Crippen LogP contribution in [0.15, 0.2) is 17.6 Å². The fourth-order valence-electron chi connectivity index (χ4n) is 1.82. The molecule has 2 aromatic heterocycles. The largest absolute Gasteiger partial charge is 0.493 e. The fourth-order valence-corrected chi connectivity index (χ4v) is 2.68. The maximum absolute atomic E-state index is 12.6. The predicted octanol–water partition coefficient (Wildman–Crippen LogP) is 3.07. The van der Waals surface area contributed by atoms with Crippen LogP contribution in [0.3, 0.4) is 0 Å². The van der Waals surface area contributed by atoms with E-state index in [9.17, 15) is 4.79 Å². The summed E-state index contributed by atoms with van der Waals surface area (Å²) in [6.45, 7) is 5.92. The molecule has 0 aliphatic heterocycles. The summed E-state index contributed by atoms with van der Waals surface area (Å²) >= 11 is 1.45. The molecular weight excluding hydrogens is 248 g/mol. The van der Waals surface area contributed by atoms with Gasteiger partial charge in [0.05, 0.1) is 18.2 Å². The van der Waals surface area contributed by atoms with Crippen molar-refractivity contribution in [2.24, 2.45) is 0 Å². The molecule has 0 radical (unpaired) electrons. The van der Waals surface area contributed by atoms with Gasteiger partial charge in [0.1, 0.15) is 0 Å². The number of hydrogen-bond acceptors (Lipinski definition) is 4. The van der Waals surface area contributed by atoms with Crippen molar-refractivity contribution < 1.29 is 9.53 Å². The summed E-state index contributed by atoms with van der Waals surface area (Å²) in [7, 11) is 1.56. The smallest absolute Gasteiger partial charge is 0.225 e. The Morgan fingerprint density at radius 3 is 2.72 bits per heavy atom. The molecule has 18 heavy (non-hydrogen) atoms. The van der Waals surface area contributed by atoms with Crippen molar-refractivity contribution in [3.8, 4) is 5.75 Å². The highest BCUT2D eigenvalue weighted by Crippen LogP contribution is 2.27. The molecule has 0 spiro atoms. The van der Waals surface area contributed by atoms with Crippen LogP contribution >= 0.6 is 11.3 Å². The second kappa shape index (κ2) is 4.94. The lowest BCUT2D eigenvalue weighted by atomic mass is 10.1. The van der Waals surface area contributed by atoms with E-state index in [0.717, 1.165) is 10.4 Å². The Morgan fingerprint density at radius 2 is 2.22 bits per heavy atom. The first-order chi connectivity index (χ1) is 8.56. The highest BCUT2D eigenvalue weighted by Gasteiger charge is 2.24. The van der Waals surface area contributed by atoms with Gasteiger partial charge in [0.25, 0.3) is 0 Å². The topological polar surface area (TPSA) is 44.1 Å². The summed E-state index contributed by atoms with van der Waals surface area (Å²) in [5.74, 6) is 0.507. The van der Waals surface area contributed by atoms with Gasteiger partial charge in [0, 0.05) is 6.04 Å². The zero-order valence-electron chi connectivity index (χ0n) is 10.9. The molecule has 0 N–H and O–H groups in total. The molecule has 96 valence electrons.